The number of hydrogen-bond acceptors (Lipinski definition) is 3. The summed E-state index contributed by atoms with van der Waals surface area (Å²) in [5.41, 5.74) is 3.17. The molecule has 27 heavy (non-hydrogen) atoms. The molecular weight excluding hydrogens is 340 g/mol. The molecule has 0 bridgehead atoms. The van der Waals surface area contributed by atoms with Crippen molar-refractivity contribution in [3.63, 3.8) is 0 Å². The molecular formula is C20H20N6O. The van der Waals surface area contributed by atoms with Crippen LogP contribution in [0.4, 0.5) is 10.6 Å². The van der Waals surface area contributed by atoms with E-state index < -0.39 is 0 Å². The van der Waals surface area contributed by atoms with Crippen molar-refractivity contribution >= 4 is 22.8 Å². The number of para-hydroxylation sites is 1. The molecule has 4 rings (SSSR count). The van der Waals surface area contributed by atoms with Crippen LogP contribution >= 0.6 is 0 Å². The summed E-state index contributed by atoms with van der Waals surface area (Å²) >= 11 is 0. The molecule has 0 fully saturated rings. The first kappa shape index (κ1) is 16.8. The van der Waals surface area contributed by atoms with Gasteiger partial charge >= 0.3 is 6.03 Å². The van der Waals surface area contributed by atoms with Gasteiger partial charge in [-0.3, -0.25) is 10.3 Å². The van der Waals surface area contributed by atoms with Gasteiger partial charge in [0.1, 0.15) is 5.82 Å². The molecule has 3 N–H and O–H groups in total. The summed E-state index contributed by atoms with van der Waals surface area (Å²) in [6, 6.07) is 15.4. The molecule has 7 heteroatoms. The van der Waals surface area contributed by atoms with E-state index in [0.717, 1.165) is 17.6 Å². The van der Waals surface area contributed by atoms with Crippen molar-refractivity contribution < 1.29 is 4.79 Å². The number of H-pyrrole nitrogens is 1. The molecule has 0 spiro atoms. The Morgan fingerprint density at radius 3 is 2.85 bits per heavy atom. The summed E-state index contributed by atoms with van der Waals surface area (Å²) in [4.78, 5) is 19.8. The molecule has 3 aromatic heterocycles. The van der Waals surface area contributed by atoms with Crippen LogP contribution in [0.5, 0.6) is 0 Å². The summed E-state index contributed by atoms with van der Waals surface area (Å²) in [6.45, 7) is 1.04. The lowest BCUT2D eigenvalue weighted by Gasteiger charge is -2.10. The Bertz CT molecular complexity index is 1040. The zero-order valence-electron chi connectivity index (χ0n) is 14.7. The molecule has 0 aliphatic rings. The van der Waals surface area contributed by atoms with Crippen LogP contribution in [0.1, 0.15) is 11.3 Å². The van der Waals surface area contributed by atoms with Crippen molar-refractivity contribution in [2.75, 3.05) is 11.9 Å². The van der Waals surface area contributed by atoms with Crippen molar-refractivity contribution in [2.45, 2.75) is 13.0 Å². The monoisotopic (exact) mass is 360 g/mol. The summed E-state index contributed by atoms with van der Waals surface area (Å²) in [5, 5.41) is 11.2. The van der Waals surface area contributed by atoms with E-state index in [1.54, 1.807) is 23.1 Å². The molecule has 0 unspecified atom stereocenters. The molecule has 0 saturated carbocycles. The third-order valence-electron chi connectivity index (χ3n) is 4.35. The maximum absolute atomic E-state index is 12.2. The minimum atomic E-state index is -0.252. The molecule has 0 aliphatic carbocycles. The van der Waals surface area contributed by atoms with E-state index in [1.807, 2.05) is 42.6 Å². The second-order valence-electron chi connectivity index (χ2n) is 6.19. The first-order valence-electron chi connectivity index (χ1n) is 8.81. The van der Waals surface area contributed by atoms with Gasteiger partial charge in [-0.1, -0.05) is 24.3 Å². The van der Waals surface area contributed by atoms with Crippen LogP contribution in [0.15, 0.2) is 67.1 Å². The van der Waals surface area contributed by atoms with Gasteiger partial charge in [-0.15, -0.1) is 0 Å². The van der Waals surface area contributed by atoms with Gasteiger partial charge in [0.05, 0.1) is 18.4 Å². The Morgan fingerprint density at radius 1 is 1.07 bits per heavy atom. The quantitative estimate of drug-likeness (QED) is 0.493. The Balaban J connectivity index is 1.32. The van der Waals surface area contributed by atoms with Crippen LogP contribution in [0, 0.1) is 0 Å². The molecule has 1 aromatic carbocycles. The molecule has 0 radical (unpaired) electrons. The normalized spacial score (nSPS) is 10.8. The van der Waals surface area contributed by atoms with E-state index in [2.05, 4.69) is 31.8 Å². The van der Waals surface area contributed by atoms with E-state index in [9.17, 15) is 4.79 Å². The van der Waals surface area contributed by atoms with Gasteiger partial charge < -0.3 is 10.3 Å². The second-order valence-corrected chi connectivity index (χ2v) is 6.19. The number of amides is 2. The highest BCUT2D eigenvalue weighted by Gasteiger charge is 2.08. The van der Waals surface area contributed by atoms with E-state index in [-0.39, 0.29) is 6.03 Å². The van der Waals surface area contributed by atoms with Gasteiger partial charge in [0, 0.05) is 35.9 Å². The highest BCUT2D eigenvalue weighted by Crippen LogP contribution is 2.17. The fraction of sp³-hybridized carbons (Fsp3) is 0.150. The smallest absolute Gasteiger partial charge is 0.320 e. The molecule has 7 nitrogen and oxygen atoms in total. The van der Waals surface area contributed by atoms with Crippen molar-refractivity contribution in [1.29, 1.82) is 0 Å². The molecule has 4 aromatic rings. The Morgan fingerprint density at radius 2 is 1.96 bits per heavy atom. The van der Waals surface area contributed by atoms with Gasteiger partial charge in [-0.05, 0) is 30.2 Å². The summed E-state index contributed by atoms with van der Waals surface area (Å²) in [5.74, 6) is 0.630. The van der Waals surface area contributed by atoms with Gasteiger partial charge in [0.25, 0.3) is 0 Å². The van der Waals surface area contributed by atoms with Crippen LogP contribution in [0.2, 0.25) is 0 Å². The Hall–Kier alpha value is -3.61. The van der Waals surface area contributed by atoms with Crippen LogP contribution in [0.25, 0.3) is 10.9 Å². The lowest BCUT2D eigenvalue weighted by atomic mass is 10.1. The van der Waals surface area contributed by atoms with Gasteiger partial charge in [-0.2, -0.15) is 5.10 Å². The van der Waals surface area contributed by atoms with E-state index in [0.29, 0.717) is 18.9 Å². The molecule has 3 heterocycles. The fourth-order valence-corrected chi connectivity index (χ4v) is 3.02. The topological polar surface area (TPSA) is 87.6 Å². The van der Waals surface area contributed by atoms with E-state index in [4.69, 9.17) is 0 Å². The first-order valence-corrected chi connectivity index (χ1v) is 8.81. The molecule has 0 aliphatic heterocycles. The summed E-state index contributed by atoms with van der Waals surface area (Å²) in [6.07, 6.45) is 6.14. The van der Waals surface area contributed by atoms with E-state index >= 15 is 0 Å². The average molecular weight is 360 g/mol. The highest BCUT2D eigenvalue weighted by atomic mass is 16.2. The van der Waals surface area contributed by atoms with Gasteiger partial charge in [0.2, 0.25) is 0 Å². The summed E-state index contributed by atoms with van der Waals surface area (Å²) in [7, 11) is 0. The minimum Gasteiger partial charge on any atom is -0.361 e. The minimum absolute atomic E-state index is 0.252. The zero-order valence-corrected chi connectivity index (χ0v) is 14.7. The number of anilines is 1. The predicted molar refractivity (Wildman–Crippen MR) is 105 cm³/mol. The highest BCUT2D eigenvalue weighted by molar-refractivity contribution is 5.88. The number of fused-ring (bicyclic) bond motifs is 1. The summed E-state index contributed by atoms with van der Waals surface area (Å²) < 4.78 is 1.71. The lowest BCUT2D eigenvalue weighted by Crippen LogP contribution is -2.31. The average Bonchev–Trinajstić information content (AvgIpc) is 3.30. The molecule has 0 atom stereocenters. The molecule has 136 valence electrons. The van der Waals surface area contributed by atoms with Crippen LogP contribution in [-0.2, 0) is 13.0 Å². The SMILES string of the molecule is O=C(NCCc1c[nH]c2ccccc12)Nc1ccnn1Cc1ccccn1. The maximum atomic E-state index is 12.2. The number of carbonyl (C=O) groups is 1. The number of aromatic amines is 1. The number of nitrogens with one attached hydrogen (secondary N) is 3. The zero-order chi connectivity index (χ0) is 18.5. The maximum Gasteiger partial charge on any atom is 0.320 e. The number of rotatable bonds is 6. The van der Waals surface area contributed by atoms with Gasteiger partial charge in [-0.25, -0.2) is 9.48 Å². The fourth-order valence-electron chi connectivity index (χ4n) is 3.02. The standard InChI is InChI=1S/C20H20N6O/c27-20(22-11-8-15-13-23-18-7-2-1-6-17(15)18)25-19-9-12-24-26(19)14-16-5-3-4-10-21-16/h1-7,9-10,12-13,23H,8,11,14H2,(H2,22,25,27). The van der Waals surface area contributed by atoms with Crippen LogP contribution < -0.4 is 10.6 Å². The van der Waals surface area contributed by atoms with Crippen molar-refractivity contribution in [2.24, 2.45) is 0 Å². The van der Waals surface area contributed by atoms with Gasteiger partial charge in [0.15, 0.2) is 0 Å². The number of aromatic nitrogens is 4. The number of benzene rings is 1. The van der Waals surface area contributed by atoms with Crippen molar-refractivity contribution in [3.05, 3.63) is 78.4 Å². The number of urea groups is 1. The lowest BCUT2D eigenvalue weighted by molar-refractivity contribution is 0.252. The first-order chi connectivity index (χ1) is 13.3. The largest absolute Gasteiger partial charge is 0.361 e. The second kappa shape index (κ2) is 7.74. The van der Waals surface area contributed by atoms with E-state index in [1.165, 1.54) is 10.9 Å². The molecule has 0 saturated heterocycles. The van der Waals surface area contributed by atoms with Crippen molar-refractivity contribution in [1.82, 2.24) is 25.1 Å². The number of nitrogens with zero attached hydrogens (tertiary/aromatic N) is 3. The Kier molecular flexibility index (Phi) is 4.82. The van der Waals surface area contributed by atoms with Crippen LogP contribution in [0.3, 0.4) is 0 Å². The third-order valence-corrected chi connectivity index (χ3v) is 4.35. The number of hydrogen-bond donors (Lipinski definition) is 3. The number of pyridine rings is 1. The number of carbonyl (C=O) groups excluding carboxylic acids is 1. The predicted octanol–water partition coefficient (Wildman–Crippen LogP) is 3.17. The molecule has 2 amide bonds. The third kappa shape index (κ3) is 3.98. The van der Waals surface area contributed by atoms with Crippen molar-refractivity contribution in [3.8, 4) is 0 Å². The van der Waals surface area contributed by atoms with Crippen LogP contribution in [-0.4, -0.2) is 32.3 Å². The Labute approximate surface area is 156 Å².